The zero-order valence-corrected chi connectivity index (χ0v) is 8.35. The highest BCUT2D eigenvalue weighted by Gasteiger charge is 2.64. The zero-order chi connectivity index (χ0) is 8.98. The van der Waals surface area contributed by atoms with E-state index in [1.165, 1.54) is 0 Å². The van der Waals surface area contributed by atoms with Crippen molar-refractivity contribution in [2.45, 2.75) is 30.7 Å². The first-order valence-corrected chi connectivity index (χ1v) is 5.30. The van der Waals surface area contributed by atoms with Crippen molar-refractivity contribution in [2.75, 3.05) is 4.43 Å². The fourth-order valence-corrected chi connectivity index (χ4v) is 2.85. The monoisotopic (exact) mass is 292 g/mol. The van der Waals surface area contributed by atoms with E-state index < -0.39 is 17.9 Å². The van der Waals surface area contributed by atoms with Crippen LogP contribution in [-0.2, 0) is 4.74 Å². The molecule has 2 aliphatic heterocycles. The number of ether oxygens (including phenoxy) is 1. The molecular formula is C7H8F3IO. The lowest BCUT2D eigenvalue weighted by molar-refractivity contribution is -0.214. The summed E-state index contributed by atoms with van der Waals surface area (Å²) in [5, 5.41) is 0. The van der Waals surface area contributed by atoms with Crippen molar-refractivity contribution in [2.24, 2.45) is 5.92 Å². The Labute approximate surface area is 81.8 Å². The maximum absolute atomic E-state index is 12.2. The molecule has 0 N–H and O–H groups in total. The normalized spacial score (nSPS) is 46.0. The molecule has 0 aromatic rings. The number of hydrogen-bond donors (Lipinski definition) is 0. The van der Waals surface area contributed by atoms with E-state index in [0.29, 0.717) is 17.3 Å². The summed E-state index contributed by atoms with van der Waals surface area (Å²) in [5.41, 5.74) is -0.425. The van der Waals surface area contributed by atoms with E-state index >= 15 is 0 Å². The third-order valence-corrected chi connectivity index (χ3v) is 4.03. The van der Waals surface area contributed by atoms with Crippen molar-refractivity contribution in [1.82, 2.24) is 0 Å². The van der Waals surface area contributed by atoms with Gasteiger partial charge in [0.05, 0.1) is 5.60 Å². The molecule has 3 rings (SSSR count). The molecule has 0 aromatic carbocycles. The van der Waals surface area contributed by atoms with Crippen LogP contribution < -0.4 is 0 Å². The molecule has 1 atom stereocenters. The molecular weight excluding hydrogens is 284 g/mol. The fourth-order valence-electron chi connectivity index (χ4n) is 2.05. The average Bonchev–Trinajstić information content (AvgIpc) is 2.36. The second-order valence-electron chi connectivity index (χ2n) is 3.57. The highest BCUT2D eigenvalue weighted by molar-refractivity contribution is 14.1. The van der Waals surface area contributed by atoms with E-state index in [-0.39, 0.29) is 5.92 Å². The summed E-state index contributed by atoms with van der Waals surface area (Å²) in [6.45, 7) is 0. The van der Waals surface area contributed by atoms with E-state index in [1.54, 1.807) is 0 Å². The van der Waals surface area contributed by atoms with Crippen molar-refractivity contribution >= 4 is 22.6 Å². The van der Waals surface area contributed by atoms with Crippen LogP contribution in [0.4, 0.5) is 13.2 Å². The van der Waals surface area contributed by atoms with Gasteiger partial charge in [0.1, 0.15) is 0 Å². The maximum atomic E-state index is 12.2. The molecule has 0 radical (unpaired) electrons. The molecule has 2 heterocycles. The average molecular weight is 292 g/mol. The zero-order valence-electron chi connectivity index (χ0n) is 6.20. The van der Waals surface area contributed by atoms with Crippen LogP contribution in [0, 0.1) is 5.92 Å². The van der Waals surface area contributed by atoms with Crippen molar-refractivity contribution in [3.8, 4) is 0 Å². The van der Waals surface area contributed by atoms with Gasteiger partial charge in [-0.3, -0.25) is 0 Å². The summed E-state index contributed by atoms with van der Waals surface area (Å²) in [6.07, 6.45) is -4.44. The molecule has 2 bridgehead atoms. The second-order valence-corrected chi connectivity index (χ2v) is 4.33. The molecule has 1 aliphatic carbocycles. The van der Waals surface area contributed by atoms with Gasteiger partial charge in [-0.25, -0.2) is 0 Å². The van der Waals surface area contributed by atoms with Gasteiger partial charge in [-0.05, 0) is 18.8 Å². The summed E-state index contributed by atoms with van der Waals surface area (Å²) >= 11 is 2.09. The lowest BCUT2D eigenvalue weighted by atomic mass is 9.74. The SMILES string of the molecule is FC(F)(F)C1OC2(CI)CC1C2. The van der Waals surface area contributed by atoms with Crippen molar-refractivity contribution in [3.63, 3.8) is 0 Å². The Morgan fingerprint density at radius 3 is 2.25 bits per heavy atom. The van der Waals surface area contributed by atoms with Gasteiger partial charge in [0, 0.05) is 4.43 Å². The summed E-state index contributed by atoms with van der Waals surface area (Å²) in [4.78, 5) is 0. The molecule has 0 aromatic heterocycles. The van der Waals surface area contributed by atoms with Gasteiger partial charge in [0.15, 0.2) is 6.10 Å². The Morgan fingerprint density at radius 1 is 1.42 bits per heavy atom. The fraction of sp³-hybridized carbons (Fsp3) is 1.00. The van der Waals surface area contributed by atoms with E-state index in [9.17, 15) is 13.2 Å². The first-order chi connectivity index (χ1) is 5.47. The minimum Gasteiger partial charge on any atom is -0.361 e. The van der Waals surface area contributed by atoms with Gasteiger partial charge in [0.2, 0.25) is 0 Å². The Bertz CT molecular complexity index is 197. The summed E-state index contributed by atoms with van der Waals surface area (Å²) in [7, 11) is 0. The standard InChI is InChI=1S/C7H8F3IO/c8-7(9,10)5-4-1-6(2-4,3-11)12-5/h4-5H,1-3H2. The quantitative estimate of drug-likeness (QED) is 0.533. The molecule has 1 saturated carbocycles. The second kappa shape index (κ2) is 2.50. The van der Waals surface area contributed by atoms with Crippen LogP contribution in [0.5, 0.6) is 0 Å². The number of alkyl halides is 4. The van der Waals surface area contributed by atoms with Gasteiger partial charge < -0.3 is 4.74 Å². The third-order valence-electron chi connectivity index (χ3n) is 2.64. The van der Waals surface area contributed by atoms with Crippen molar-refractivity contribution < 1.29 is 17.9 Å². The highest BCUT2D eigenvalue weighted by Crippen LogP contribution is 2.56. The highest BCUT2D eigenvalue weighted by atomic mass is 127. The minimum absolute atomic E-state index is 0.264. The van der Waals surface area contributed by atoms with Crippen LogP contribution in [-0.4, -0.2) is 22.3 Å². The van der Waals surface area contributed by atoms with E-state index in [0.717, 1.165) is 0 Å². The van der Waals surface area contributed by atoms with Crippen LogP contribution in [0.2, 0.25) is 0 Å². The topological polar surface area (TPSA) is 9.23 Å². The molecule has 5 heteroatoms. The van der Waals surface area contributed by atoms with Crippen molar-refractivity contribution in [1.29, 1.82) is 0 Å². The van der Waals surface area contributed by atoms with Crippen LogP contribution in [0.25, 0.3) is 0 Å². The number of halogens is 4. The smallest absolute Gasteiger partial charge is 0.361 e. The lowest BCUT2D eigenvalue weighted by Crippen LogP contribution is -2.38. The molecule has 12 heavy (non-hydrogen) atoms. The third kappa shape index (κ3) is 1.16. The summed E-state index contributed by atoms with van der Waals surface area (Å²) in [5.74, 6) is -0.264. The molecule has 2 saturated heterocycles. The van der Waals surface area contributed by atoms with Crippen LogP contribution in [0.15, 0.2) is 0 Å². The van der Waals surface area contributed by atoms with Gasteiger partial charge in [0.25, 0.3) is 0 Å². The Kier molecular flexibility index (Phi) is 1.88. The minimum atomic E-state index is -4.16. The van der Waals surface area contributed by atoms with Crippen molar-refractivity contribution in [3.05, 3.63) is 0 Å². The Balaban J connectivity index is 2.08. The number of hydrogen-bond acceptors (Lipinski definition) is 1. The molecule has 1 nitrogen and oxygen atoms in total. The van der Waals surface area contributed by atoms with Gasteiger partial charge >= 0.3 is 6.18 Å². The predicted molar refractivity (Wildman–Crippen MR) is 45.3 cm³/mol. The van der Waals surface area contributed by atoms with E-state index in [4.69, 9.17) is 4.74 Å². The largest absolute Gasteiger partial charge is 0.414 e. The maximum Gasteiger partial charge on any atom is 0.414 e. The molecule has 70 valence electrons. The first-order valence-electron chi connectivity index (χ1n) is 3.77. The van der Waals surface area contributed by atoms with E-state index in [2.05, 4.69) is 22.6 Å². The van der Waals surface area contributed by atoms with Gasteiger partial charge in [-0.2, -0.15) is 13.2 Å². The van der Waals surface area contributed by atoms with Crippen LogP contribution >= 0.6 is 22.6 Å². The Morgan fingerprint density at radius 2 is 2.00 bits per heavy atom. The molecule has 3 aliphatic rings. The lowest BCUT2D eigenvalue weighted by Gasteiger charge is -2.33. The molecule has 0 amide bonds. The number of fused-ring (bicyclic) bond motifs is 1. The molecule has 1 unspecified atom stereocenters. The van der Waals surface area contributed by atoms with Gasteiger partial charge in [-0.1, -0.05) is 22.6 Å². The summed E-state index contributed by atoms with van der Waals surface area (Å²) in [6, 6.07) is 0. The summed E-state index contributed by atoms with van der Waals surface area (Å²) < 4.78 is 42.3. The van der Waals surface area contributed by atoms with Gasteiger partial charge in [-0.15, -0.1) is 0 Å². The molecule has 0 spiro atoms. The van der Waals surface area contributed by atoms with Crippen LogP contribution in [0.1, 0.15) is 12.8 Å². The Hall–Kier alpha value is 0.480. The predicted octanol–water partition coefficient (Wildman–Crippen LogP) is 2.53. The van der Waals surface area contributed by atoms with Crippen LogP contribution in [0.3, 0.4) is 0 Å². The molecule has 3 fully saturated rings. The first kappa shape index (κ1) is 9.05. The number of rotatable bonds is 1. The van der Waals surface area contributed by atoms with E-state index in [1.807, 2.05) is 0 Å².